The molecule has 170 valence electrons. The molecule has 0 radical (unpaired) electrons. The maximum atomic E-state index is 13.5. The zero-order chi connectivity index (χ0) is 22.5. The Hall–Kier alpha value is -2.90. The number of morpholine rings is 1. The van der Waals surface area contributed by atoms with Crippen LogP contribution in [0.4, 0.5) is 5.69 Å². The maximum absolute atomic E-state index is 13.5. The van der Waals surface area contributed by atoms with Crippen molar-refractivity contribution in [2.45, 2.75) is 19.5 Å². The normalized spacial score (nSPS) is 19.6. The summed E-state index contributed by atoms with van der Waals surface area (Å²) >= 11 is 0. The van der Waals surface area contributed by atoms with Crippen molar-refractivity contribution in [2.24, 2.45) is 0 Å². The van der Waals surface area contributed by atoms with Gasteiger partial charge in [0, 0.05) is 57.6 Å². The highest BCUT2D eigenvalue weighted by Gasteiger charge is 2.34. The molecule has 2 aliphatic rings. The van der Waals surface area contributed by atoms with E-state index in [1.807, 2.05) is 42.2 Å². The second-order valence-electron chi connectivity index (χ2n) is 8.39. The molecule has 4 rings (SSSR count). The van der Waals surface area contributed by atoms with Crippen LogP contribution in [0.25, 0.3) is 0 Å². The van der Waals surface area contributed by atoms with E-state index in [2.05, 4.69) is 33.3 Å². The van der Waals surface area contributed by atoms with Gasteiger partial charge in [0.05, 0.1) is 13.2 Å². The predicted octanol–water partition coefficient (Wildman–Crippen LogP) is 1.90. The largest absolute Gasteiger partial charge is 0.378 e. The Bertz CT molecular complexity index is 943. The third-order valence-corrected chi connectivity index (χ3v) is 6.44. The Morgan fingerprint density at radius 3 is 2.47 bits per heavy atom. The molecule has 2 aromatic carbocycles. The van der Waals surface area contributed by atoms with Crippen LogP contribution in [-0.2, 0) is 16.1 Å². The number of nitrogens with zero attached hydrogens (tertiary/aromatic N) is 3. The summed E-state index contributed by atoms with van der Waals surface area (Å²) in [7, 11) is 1.65. The number of ether oxygens (including phenoxy) is 1. The molecule has 7 nitrogen and oxygen atoms in total. The summed E-state index contributed by atoms with van der Waals surface area (Å²) in [6, 6.07) is 15.7. The minimum Gasteiger partial charge on any atom is -0.378 e. The van der Waals surface area contributed by atoms with Gasteiger partial charge in [-0.3, -0.25) is 14.5 Å². The maximum Gasteiger partial charge on any atom is 0.254 e. The van der Waals surface area contributed by atoms with Crippen molar-refractivity contribution < 1.29 is 14.3 Å². The fourth-order valence-corrected chi connectivity index (χ4v) is 4.60. The van der Waals surface area contributed by atoms with E-state index in [-0.39, 0.29) is 17.9 Å². The lowest BCUT2D eigenvalue weighted by molar-refractivity contribution is -0.128. The van der Waals surface area contributed by atoms with Gasteiger partial charge in [0.2, 0.25) is 5.91 Å². The van der Waals surface area contributed by atoms with E-state index in [0.29, 0.717) is 45.0 Å². The van der Waals surface area contributed by atoms with Crippen molar-refractivity contribution in [1.29, 1.82) is 0 Å². The van der Waals surface area contributed by atoms with E-state index in [9.17, 15) is 9.59 Å². The minimum atomic E-state index is -0.374. The van der Waals surface area contributed by atoms with Crippen molar-refractivity contribution in [3.63, 3.8) is 0 Å². The lowest BCUT2D eigenvalue weighted by atomic mass is 10.0. The first-order chi connectivity index (χ1) is 15.6. The van der Waals surface area contributed by atoms with Gasteiger partial charge in [0.1, 0.15) is 6.04 Å². The quantitative estimate of drug-likeness (QED) is 0.776. The number of hydrogen-bond acceptors (Lipinski definition) is 5. The molecule has 7 heteroatoms. The van der Waals surface area contributed by atoms with Crippen LogP contribution in [0, 0.1) is 6.92 Å². The second-order valence-corrected chi connectivity index (χ2v) is 8.39. The number of hydrogen-bond donors (Lipinski definition) is 1. The summed E-state index contributed by atoms with van der Waals surface area (Å²) < 4.78 is 5.47. The van der Waals surface area contributed by atoms with Crippen LogP contribution in [0.15, 0.2) is 48.5 Å². The number of amides is 2. The molecular weight excluding hydrogens is 404 g/mol. The first-order valence-corrected chi connectivity index (χ1v) is 11.3. The van der Waals surface area contributed by atoms with E-state index >= 15 is 0 Å². The SMILES string of the molecule is CNC(=O)C1CN(C(=O)c2cccc(N3CCOCC3)c2C)CCN1Cc1ccccc1. The van der Waals surface area contributed by atoms with Gasteiger partial charge in [-0.2, -0.15) is 0 Å². The molecule has 0 bridgehead atoms. The highest BCUT2D eigenvalue weighted by atomic mass is 16.5. The van der Waals surface area contributed by atoms with Crippen LogP contribution in [0.2, 0.25) is 0 Å². The summed E-state index contributed by atoms with van der Waals surface area (Å²) in [4.78, 5) is 32.5. The van der Waals surface area contributed by atoms with E-state index in [0.717, 1.165) is 29.9 Å². The van der Waals surface area contributed by atoms with Crippen molar-refractivity contribution >= 4 is 17.5 Å². The fraction of sp³-hybridized carbons (Fsp3) is 0.440. The van der Waals surface area contributed by atoms with Crippen LogP contribution in [0.1, 0.15) is 21.5 Å². The van der Waals surface area contributed by atoms with E-state index in [1.54, 1.807) is 7.05 Å². The lowest BCUT2D eigenvalue weighted by Gasteiger charge is -2.40. The standard InChI is InChI=1S/C25H32N4O3/c1-19-21(9-6-10-22(19)27-13-15-32-16-14-27)25(31)29-12-11-28(23(18-29)24(30)26-2)17-20-7-4-3-5-8-20/h3-10,23H,11-18H2,1-2H3,(H,26,30). The summed E-state index contributed by atoms with van der Waals surface area (Å²) in [5.41, 5.74) is 3.95. The Kier molecular flexibility index (Phi) is 7.07. The lowest BCUT2D eigenvalue weighted by Crippen LogP contribution is -2.59. The number of nitrogens with one attached hydrogen (secondary N) is 1. The van der Waals surface area contributed by atoms with E-state index in [4.69, 9.17) is 4.74 Å². The Labute approximate surface area is 189 Å². The molecule has 2 amide bonds. The first kappa shape index (κ1) is 22.3. The van der Waals surface area contributed by atoms with E-state index < -0.39 is 0 Å². The van der Waals surface area contributed by atoms with Gasteiger partial charge in [-0.1, -0.05) is 36.4 Å². The van der Waals surface area contributed by atoms with Crippen LogP contribution in [-0.4, -0.2) is 80.6 Å². The number of carbonyl (C=O) groups is 2. The molecule has 1 unspecified atom stereocenters. The highest BCUT2D eigenvalue weighted by Crippen LogP contribution is 2.26. The molecule has 2 saturated heterocycles. The van der Waals surface area contributed by atoms with Crippen molar-refractivity contribution in [3.8, 4) is 0 Å². The monoisotopic (exact) mass is 436 g/mol. The molecule has 0 aliphatic carbocycles. The third-order valence-electron chi connectivity index (χ3n) is 6.44. The van der Waals surface area contributed by atoms with Crippen LogP contribution < -0.4 is 10.2 Å². The molecule has 32 heavy (non-hydrogen) atoms. The molecule has 0 aromatic heterocycles. The number of likely N-dealkylation sites (N-methyl/N-ethyl adjacent to an activating group) is 1. The zero-order valence-corrected chi connectivity index (χ0v) is 18.9. The second kappa shape index (κ2) is 10.1. The Morgan fingerprint density at radius 2 is 1.75 bits per heavy atom. The predicted molar refractivity (Wildman–Crippen MR) is 125 cm³/mol. The van der Waals surface area contributed by atoms with Gasteiger partial charge in [-0.05, 0) is 30.2 Å². The molecule has 0 saturated carbocycles. The number of carbonyl (C=O) groups excluding carboxylic acids is 2. The number of anilines is 1. The first-order valence-electron chi connectivity index (χ1n) is 11.3. The van der Waals surface area contributed by atoms with Gasteiger partial charge in [-0.15, -0.1) is 0 Å². The summed E-state index contributed by atoms with van der Waals surface area (Å²) in [6.07, 6.45) is 0. The Morgan fingerprint density at radius 1 is 1.00 bits per heavy atom. The van der Waals surface area contributed by atoms with Crippen molar-refractivity contribution in [3.05, 3.63) is 65.2 Å². The molecule has 2 aromatic rings. The van der Waals surface area contributed by atoms with Crippen LogP contribution in [0.3, 0.4) is 0 Å². The van der Waals surface area contributed by atoms with Crippen LogP contribution in [0.5, 0.6) is 0 Å². The molecule has 1 atom stereocenters. The molecule has 1 N–H and O–H groups in total. The van der Waals surface area contributed by atoms with Gasteiger partial charge < -0.3 is 19.9 Å². The van der Waals surface area contributed by atoms with Gasteiger partial charge in [0.25, 0.3) is 5.91 Å². The summed E-state index contributed by atoms with van der Waals surface area (Å²) in [5, 5.41) is 2.78. The van der Waals surface area contributed by atoms with Crippen molar-refractivity contribution in [1.82, 2.24) is 15.1 Å². The summed E-state index contributed by atoms with van der Waals surface area (Å²) in [6.45, 7) is 7.40. The van der Waals surface area contributed by atoms with E-state index in [1.165, 1.54) is 0 Å². The summed E-state index contributed by atoms with van der Waals surface area (Å²) in [5.74, 6) is -0.0666. The van der Waals surface area contributed by atoms with Gasteiger partial charge in [0.15, 0.2) is 0 Å². The zero-order valence-electron chi connectivity index (χ0n) is 18.9. The topological polar surface area (TPSA) is 65.1 Å². The molecule has 2 heterocycles. The molecule has 2 aliphatic heterocycles. The van der Waals surface area contributed by atoms with Gasteiger partial charge in [-0.25, -0.2) is 0 Å². The number of piperazine rings is 1. The van der Waals surface area contributed by atoms with Crippen molar-refractivity contribution in [2.75, 3.05) is 57.9 Å². The average Bonchev–Trinajstić information content (AvgIpc) is 2.84. The van der Waals surface area contributed by atoms with Crippen LogP contribution >= 0.6 is 0 Å². The number of rotatable bonds is 5. The van der Waals surface area contributed by atoms with Gasteiger partial charge >= 0.3 is 0 Å². The molecular formula is C25H32N4O3. The molecule has 0 spiro atoms. The smallest absolute Gasteiger partial charge is 0.254 e. The fourth-order valence-electron chi connectivity index (χ4n) is 4.60. The minimum absolute atomic E-state index is 0.00845. The Balaban J connectivity index is 1.51. The highest BCUT2D eigenvalue weighted by molar-refractivity contribution is 5.97. The number of benzene rings is 2. The molecule has 2 fully saturated rings. The third kappa shape index (κ3) is 4.79. The average molecular weight is 437 g/mol.